The van der Waals surface area contributed by atoms with E-state index in [0.29, 0.717) is 11.4 Å². The first kappa shape index (κ1) is 20.6. The Labute approximate surface area is 185 Å². The zero-order valence-electron chi connectivity index (χ0n) is 17.4. The van der Waals surface area contributed by atoms with E-state index in [9.17, 15) is 9.59 Å². The van der Waals surface area contributed by atoms with E-state index < -0.39 is 11.8 Å². The highest BCUT2D eigenvalue weighted by Crippen LogP contribution is 2.31. The molecule has 0 atom stereocenters. The standard InChI is InChI=1S/C24H21N3O3S/c1-15-13-17(16(2)26(15)18-9-5-4-6-10-18)14-19-22(28)25-24(31)27(23(19)29)20-11-7-8-12-21(20)30-3/h4-14H,1-3H3,(H,25,28,31)/b19-14-. The van der Waals surface area contributed by atoms with Gasteiger partial charge < -0.3 is 9.30 Å². The minimum Gasteiger partial charge on any atom is -0.495 e. The van der Waals surface area contributed by atoms with Crippen LogP contribution in [0.15, 0.2) is 66.2 Å². The van der Waals surface area contributed by atoms with Gasteiger partial charge in [0, 0.05) is 17.1 Å². The van der Waals surface area contributed by atoms with Crippen LogP contribution in [0.4, 0.5) is 5.69 Å². The number of benzene rings is 2. The van der Waals surface area contributed by atoms with Gasteiger partial charge in [0.2, 0.25) is 0 Å². The fourth-order valence-corrected chi connectivity index (χ4v) is 4.03. The quantitative estimate of drug-likeness (QED) is 0.386. The van der Waals surface area contributed by atoms with Crippen LogP contribution in [0.2, 0.25) is 0 Å². The molecule has 0 bridgehead atoms. The number of carbonyl (C=O) groups excluding carboxylic acids is 2. The fraction of sp³-hybridized carbons (Fsp3) is 0.125. The molecule has 1 aromatic heterocycles. The summed E-state index contributed by atoms with van der Waals surface area (Å²) in [6.07, 6.45) is 1.61. The van der Waals surface area contributed by atoms with E-state index in [-0.39, 0.29) is 10.7 Å². The third kappa shape index (κ3) is 3.64. The summed E-state index contributed by atoms with van der Waals surface area (Å²) in [5.74, 6) is -0.538. The third-order valence-electron chi connectivity index (χ3n) is 5.21. The van der Waals surface area contributed by atoms with E-state index in [1.807, 2.05) is 50.2 Å². The number of anilines is 1. The lowest BCUT2D eigenvalue weighted by Gasteiger charge is -2.29. The molecular formula is C24H21N3O3S. The SMILES string of the molecule is COc1ccccc1N1C(=O)/C(=C\c2cc(C)n(-c3ccccc3)c2C)C(=O)NC1=S. The average Bonchev–Trinajstić information content (AvgIpc) is 3.04. The topological polar surface area (TPSA) is 63.6 Å². The number of amides is 2. The minimum absolute atomic E-state index is 0.00724. The molecule has 1 N–H and O–H groups in total. The number of hydrogen-bond donors (Lipinski definition) is 1. The maximum atomic E-state index is 13.3. The lowest BCUT2D eigenvalue weighted by molar-refractivity contribution is -0.122. The Kier molecular flexibility index (Phi) is 5.44. The first-order chi connectivity index (χ1) is 14.9. The van der Waals surface area contributed by atoms with Crippen molar-refractivity contribution in [3.05, 3.63) is 83.2 Å². The Balaban J connectivity index is 1.78. The van der Waals surface area contributed by atoms with Gasteiger partial charge in [-0.1, -0.05) is 30.3 Å². The summed E-state index contributed by atoms with van der Waals surface area (Å²) in [6.45, 7) is 3.95. The summed E-state index contributed by atoms with van der Waals surface area (Å²) >= 11 is 5.29. The second-order valence-electron chi connectivity index (χ2n) is 7.13. The predicted molar refractivity (Wildman–Crippen MR) is 124 cm³/mol. The van der Waals surface area contributed by atoms with Crippen LogP contribution in [0.25, 0.3) is 11.8 Å². The van der Waals surface area contributed by atoms with Crippen LogP contribution in [0, 0.1) is 13.8 Å². The van der Waals surface area contributed by atoms with Crippen LogP contribution < -0.4 is 15.0 Å². The Morgan fingerprint density at radius 1 is 1.00 bits per heavy atom. The van der Waals surface area contributed by atoms with Gasteiger partial charge in [0.25, 0.3) is 11.8 Å². The van der Waals surface area contributed by atoms with Gasteiger partial charge in [0.15, 0.2) is 5.11 Å². The molecule has 0 saturated carbocycles. The molecule has 0 radical (unpaired) electrons. The molecule has 0 spiro atoms. The molecule has 2 aromatic carbocycles. The molecule has 0 unspecified atom stereocenters. The van der Waals surface area contributed by atoms with Crippen LogP contribution in [0.5, 0.6) is 5.75 Å². The van der Waals surface area contributed by atoms with Gasteiger partial charge in [-0.15, -0.1) is 0 Å². The molecule has 6 nitrogen and oxygen atoms in total. The summed E-state index contributed by atoms with van der Waals surface area (Å²) in [5, 5.41) is 2.64. The number of aryl methyl sites for hydroxylation is 1. The van der Waals surface area contributed by atoms with E-state index in [2.05, 4.69) is 9.88 Å². The van der Waals surface area contributed by atoms with Crippen molar-refractivity contribution in [3.63, 3.8) is 0 Å². The van der Waals surface area contributed by atoms with E-state index in [1.165, 1.54) is 12.0 Å². The van der Waals surface area contributed by atoms with Crippen molar-refractivity contribution < 1.29 is 14.3 Å². The molecule has 2 heterocycles. The zero-order chi connectivity index (χ0) is 22.1. The molecular weight excluding hydrogens is 410 g/mol. The number of nitrogens with one attached hydrogen (secondary N) is 1. The van der Waals surface area contributed by atoms with Gasteiger partial charge in [-0.05, 0) is 68.0 Å². The van der Waals surface area contributed by atoms with Gasteiger partial charge in [-0.2, -0.15) is 0 Å². The summed E-state index contributed by atoms with van der Waals surface area (Å²) in [5.41, 5.74) is 4.20. The molecule has 4 rings (SSSR count). The van der Waals surface area contributed by atoms with Gasteiger partial charge in [0.1, 0.15) is 11.3 Å². The fourth-order valence-electron chi connectivity index (χ4n) is 3.75. The molecule has 2 amide bonds. The second-order valence-corrected chi connectivity index (χ2v) is 7.51. The van der Waals surface area contributed by atoms with Crippen LogP contribution in [-0.4, -0.2) is 28.6 Å². The van der Waals surface area contributed by atoms with Gasteiger partial charge >= 0.3 is 0 Å². The highest BCUT2D eigenvalue weighted by atomic mass is 32.1. The second kappa shape index (κ2) is 8.20. The van der Waals surface area contributed by atoms with Crippen molar-refractivity contribution in [3.8, 4) is 11.4 Å². The average molecular weight is 432 g/mol. The highest BCUT2D eigenvalue weighted by Gasteiger charge is 2.36. The van der Waals surface area contributed by atoms with Gasteiger partial charge in [-0.3, -0.25) is 14.9 Å². The largest absolute Gasteiger partial charge is 0.495 e. The van der Waals surface area contributed by atoms with Crippen LogP contribution >= 0.6 is 12.2 Å². The summed E-state index contributed by atoms with van der Waals surface area (Å²) in [4.78, 5) is 27.3. The van der Waals surface area contributed by atoms with E-state index in [0.717, 1.165) is 22.6 Å². The summed E-state index contributed by atoms with van der Waals surface area (Å²) in [6, 6.07) is 18.9. The summed E-state index contributed by atoms with van der Waals surface area (Å²) < 4.78 is 7.46. The maximum Gasteiger partial charge on any atom is 0.270 e. The number of aromatic nitrogens is 1. The molecule has 31 heavy (non-hydrogen) atoms. The molecule has 0 aliphatic carbocycles. The minimum atomic E-state index is -0.523. The van der Waals surface area contributed by atoms with Gasteiger partial charge in [-0.25, -0.2) is 4.90 Å². The molecule has 1 aliphatic rings. The first-order valence-electron chi connectivity index (χ1n) is 9.71. The van der Waals surface area contributed by atoms with E-state index in [4.69, 9.17) is 17.0 Å². The Hall–Kier alpha value is -3.71. The van der Waals surface area contributed by atoms with Crippen molar-refractivity contribution >= 4 is 40.9 Å². The number of thiocarbonyl (C=S) groups is 1. The number of rotatable bonds is 4. The van der Waals surface area contributed by atoms with Crippen molar-refractivity contribution in [2.45, 2.75) is 13.8 Å². The Morgan fingerprint density at radius 2 is 1.68 bits per heavy atom. The van der Waals surface area contributed by atoms with E-state index >= 15 is 0 Å². The number of para-hydroxylation sites is 3. The van der Waals surface area contributed by atoms with Gasteiger partial charge in [0.05, 0.1) is 12.8 Å². The molecule has 1 fully saturated rings. The first-order valence-corrected chi connectivity index (χ1v) is 10.1. The zero-order valence-corrected chi connectivity index (χ0v) is 18.2. The van der Waals surface area contributed by atoms with Crippen LogP contribution in [0.3, 0.4) is 0 Å². The number of nitrogens with zero attached hydrogens (tertiary/aromatic N) is 2. The summed E-state index contributed by atoms with van der Waals surface area (Å²) in [7, 11) is 1.52. The number of carbonyl (C=O) groups is 2. The molecule has 1 saturated heterocycles. The van der Waals surface area contributed by atoms with Crippen molar-refractivity contribution in [2.24, 2.45) is 0 Å². The smallest absolute Gasteiger partial charge is 0.270 e. The van der Waals surface area contributed by atoms with Crippen LogP contribution in [0.1, 0.15) is 17.0 Å². The molecule has 156 valence electrons. The van der Waals surface area contributed by atoms with Crippen molar-refractivity contribution in [1.82, 2.24) is 9.88 Å². The Morgan fingerprint density at radius 3 is 2.39 bits per heavy atom. The number of hydrogen-bond acceptors (Lipinski definition) is 4. The maximum absolute atomic E-state index is 13.3. The third-order valence-corrected chi connectivity index (χ3v) is 5.50. The van der Waals surface area contributed by atoms with Crippen LogP contribution in [-0.2, 0) is 9.59 Å². The normalized spacial score (nSPS) is 15.4. The molecule has 3 aromatic rings. The van der Waals surface area contributed by atoms with Crippen molar-refractivity contribution in [1.29, 1.82) is 0 Å². The molecule has 7 heteroatoms. The highest BCUT2D eigenvalue weighted by molar-refractivity contribution is 7.80. The predicted octanol–water partition coefficient (Wildman–Crippen LogP) is 3.93. The lowest BCUT2D eigenvalue weighted by Crippen LogP contribution is -2.54. The Bertz CT molecular complexity index is 1230. The number of ether oxygens (including phenoxy) is 1. The monoisotopic (exact) mass is 431 g/mol. The van der Waals surface area contributed by atoms with E-state index in [1.54, 1.807) is 30.3 Å². The number of methoxy groups -OCH3 is 1. The van der Waals surface area contributed by atoms with Crippen molar-refractivity contribution in [2.75, 3.05) is 12.0 Å². The lowest BCUT2D eigenvalue weighted by atomic mass is 10.1. The molecule has 1 aliphatic heterocycles.